The van der Waals surface area contributed by atoms with Crippen LogP contribution in [-0.4, -0.2) is 34.1 Å². The number of aromatic nitrogens is 8. The Hall–Kier alpha value is -6.83. The molecule has 0 bridgehead atoms. The molecule has 5 aromatic carbocycles. The van der Waals surface area contributed by atoms with Gasteiger partial charge >= 0.3 is 0 Å². The molecule has 9 nitrogen and oxygen atoms in total. The van der Waals surface area contributed by atoms with E-state index in [1.165, 1.54) is 5.56 Å². The predicted octanol–water partition coefficient (Wildman–Crippen LogP) is 9.80. The minimum Gasteiger partial charge on any atom is -0.510 e. The van der Waals surface area contributed by atoms with Crippen LogP contribution in [0.4, 0.5) is 0 Å². The number of para-hydroxylation sites is 4. The smallest absolute Gasteiger partial charge is 0.268 e. The zero-order valence-electron chi connectivity index (χ0n) is 31.7. The fourth-order valence-electron chi connectivity index (χ4n) is 7.35. The summed E-state index contributed by atoms with van der Waals surface area (Å²) in [6.45, 7) is 6.64. The second-order valence-corrected chi connectivity index (χ2v) is 14.7. The average Bonchev–Trinajstić information content (AvgIpc) is 3.80. The largest absolute Gasteiger partial charge is 0.510 e. The Balaban J connectivity index is 0.00000436. The number of pyridine rings is 1. The van der Waals surface area contributed by atoms with Gasteiger partial charge in [-0.25, -0.2) is 24.9 Å². The second kappa shape index (κ2) is 14.9. The Morgan fingerprint density at radius 2 is 1.24 bits per heavy atom. The fraction of sp³-hybridized carbons (Fsp3) is 0.0833. The van der Waals surface area contributed by atoms with Crippen molar-refractivity contribution in [2.45, 2.75) is 26.2 Å². The third-order valence-corrected chi connectivity index (χ3v) is 10.0. The fourth-order valence-corrected chi connectivity index (χ4v) is 7.35. The number of nitrogens with zero attached hydrogens (tertiary/aromatic N) is 8. The van der Waals surface area contributed by atoms with Gasteiger partial charge < -0.3 is 13.9 Å². The average molecular weight is 934 g/mol. The maximum absolute atomic E-state index is 6.56. The molecule has 10 aromatic rings. The van der Waals surface area contributed by atoms with Gasteiger partial charge in [0, 0.05) is 80.2 Å². The van der Waals surface area contributed by atoms with E-state index in [9.17, 15) is 0 Å². The first-order valence-corrected chi connectivity index (χ1v) is 18.7. The maximum atomic E-state index is 6.56. The maximum Gasteiger partial charge on any atom is 0.268 e. The molecule has 0 atom stereocenters. The summed E-state index contributed by atoms with van der Waals surface area (Å²) in [4.78, 5) is 23.3. The first-order valence-electron chi connectivity index (χ1n) is 18.7. The first kappa shape index (κ1) is 36.8. The van der Waals surface area contributed by atoms with Crippen molar-refractivity contribution in [2.75, 3.05) is 0 Å². The minimum atomic E-state index is -0.0324. The molecule has 0 fully saturated rings. The van der Waals surface area contributed by atoms with Crippen molar-refractivity contribution < 1.29 is 30.4 Å². The molecular formula is C48H34N8OPt-2. The molecule has 0 saturated carbocycles. The molecule has 0 amide bonds. The van der Waals surface area contributed by atoms with Gasteiger partial charge in [-0.2, -0.15) is 18.2 Å². The summed E-state index contributed by atoms with van der Waals surface area (Å²) >= 11 is 0. The van der Waals surface area contributed by atoms with Crippen LogP contribution in [0, 0.1) is 18.5 Å². The Labute approximate surface area is 349 Å². The first-order chi connectivity index (χ1) is 27.9. The van der Waals surface area contributed by atoms with E-state index in [1.807, 2.05) is 82.1 Å². The zero-order valence-corrected chi connectivity index (χ0v) is 34.0. The monoisotopic (exact) mass is 933 g/mol. The number of imidazole rings is 1. The zero-order chi connectivity index (χ0) is 38.5. The molecule has 284 valence electrons. The van der Waals surface area contributed by atoms with Crippen LogP contribution in [0.5, 0.6) is 11.5 Å². The summed E-state index contributed by atoms with van der Waals surface area (Å²) in [5.41, 5.74) is 8.11. The summed E-state index contributed by atoms with van der Waals surface area (Å²) in [6, 6.07) is 47.4. The van der Waals surface area contributed by atoms with Crippen molar-refractivity contribution in [1.29, 1.82) is 0 Å². The van der Waals surface area contributed by atoms with E-state index in [-0.39, 0.29) is 26.5 Å². The van der Waals surface area contributed by atoms with Crippen molar-refractivity contribution in [3.05, 3.63) is 176 Å². The summed E-state index contributed by atoms with van der Waals surface area (Å²) in [5, 5.41) is 2.19. The Morgan fingerprint density at radius 3 is 1.97 bits per heavy atom. The quantitative estimate of drug-likeness (QED) is 0.117. The third kappa shape index (κ3) is 6.53. The molecule has 0 radical (unpaired) electrons. The van der Waals surface area contributed by atoms with Crippen LogP contribution in [0.2, 0.25) is 0 Å². The van der Waals surface area contributed by atoms with Crippen molar-refractivity contribution >= 4 is 32.8 Å². The van der Waals surface area contributed by atoms with E-state index in [4.69, 9.17) is 9.72 Å². The molecule has 0 aliphatic carbocycles. The number of fused-ring (bicyclic) bond motifs is 4. The van der Waals surface area contributed by atoms with E-state index in [2.05, 4.69) is 118 Å². The van der Waals surface area contributed by atoms with Crippen LogP contribution in [0.1, 0.15) is 26.3 Å². The summed E-state index contributed by atoms with van der Waals surface area (Å²) < 4.78 is 12.7. The molecule has 0 N–H and O–H groups in total. The van der Waals surface area contributed by atoms with Crippen LogP contribution in [0.15, 0.2) is 152 Å². The molecule has 0 aliphatic heterocycles. The van der Waals surface area contributed by atoms with Crippen LogP contribution < -0.4 is 9.30 Å². The molecule has 0 aliphatic rings. The minimum absolute atomic E-state index is 0. The SMILES string of the molecule is CC(C)(C)c1ccnc(-n2c3[c-]c(Oc4[c-]c(-n5[c-][n+](-c6c(-c7ncccn7)cccc6-c6ncccn6)c6ccccc65)ccc4)ccc3c3ccccc32)c1.[Pt]. The number of rotatable bonds is 7. The van der Waals surface area contributed by atoms with Crippen molar-refractivity contribution in [1.82, 2.24) is 34.1 Å². The van der Waals surface area contributed by atoms with Gasteiger partial charge in [0.15, 0.2) is 11.6 Å². The van der Waals surface area contributed by atoms with Crippen LogP contribution >= 0.6 is 0 Å². The van der Waals surface area contributed by atoms with E-state index in [1.54, 1.807) is 24.8 Å². The molecule has 10 heteroatoms. The van der Waals surface area contributed by atoms with Crippen LogP contribution in [-0.2, 0) is 26.5 Å². The molecule has 10 rings (SSSR count). The van der Waals surface area contributed by atoms with E-state index >= 15 is 0 Å². The standard InChI is InChI=1S/C48H34N8O.Pt/c1-48(2,3)32-22-27-49-44(28-32)56-40-17-5-4-14-36(40)37-21-20-35(30-43(37)56)57-34-13-8-12-33(29-34)54-31-55(42-19-7-6-18-41(42)54)45-38(46-50-23-10-24-51-46)15-9-16-39(45)47-52-25-11-26-53-47;/h4-28H,1-3H3;/q-2;. The normalized spacial score (nSPS) is 11.6. The molecule has 5 aromatic heterocycles. The van der Waals surface area contributed by atoms with Gasteiger partial charge in [0.2, 0.25) is 0 Å². The number of hydrogen-bond acceptors (Lipinski definition) is 6. The molecule has 5 heterocycles. The Bertz CT molecular complexity index is 3040. The van der Waals surface area contributed by atoms with Gasteiger partial charge in [0.1, 0.15) is 5.82 Å². The third-order valence-electron chi connectivity index (χ3n) is 10.0. The Kier molecular flexibility index (Phi) is 9.46. The molecule has 0 unspecified atom stereocenters. The summed E-state index contributed by atoms with van der Waals surface area (Å²) in [5.74, 6) is 3.09. The second-order valence-electron chi connectivity index (χ2n) is 14.7. The van der Waals surface area contributed by atoms with E-state index < -0.39 is 0 Å². The van der Waals surface area contributed by atoms with Crippen molar-refractivity contribution in [3.63, 3.8) is 0 Å². The van der Waals surface area contributed by atoms with Gasteiger partial charge in [-0.1, -0.05) is 87.0 Å². The predicted molar refractivity (Wildman–Crippen MR) is 221 cm³/mol. The van der Waals surface area contributed by atoms with Gasteiger partial charge in [-0.15, -0.1) is 29.7 Å². The van der Waals surface area contributed by atoms with Crippen molar-refractivity contribution in [3.8, 4) is 51.5 Å². The topological polar surface area (TPSA) is 87.4 Å². The molecular weight excluding hydrogens is 900 g/mol. The van der Waals surface area contributed by atoms with E-state index in [0.29, 0.717) is 23.1 Å². The van der Waals surface area contributed by atoms with Gasteiger partial charge in [-0.05, 0) is 52.4 Å². The molecule has 58 heavy (non-hydrogen) atoms. The van der Waals surface area contributed by atoms with Crippen LogP contribution in [0.25, 0.3) is 72.8 Å². The molecule has 0 spiro atoms. The Morgan fingerprint density at radius 1 is 0.586 bits per heavy atom. The molecule has 0 saturated heterocycles. The number of hydrogen-bond donors (Lipinski definition) is 0. The van der Waals surface area contributed by atoms with Gasteiger partial charge in [0.25, 0.3) is 6.33 Å². The van der Waals surface area contributed by atoms with Gasteiger partial charge in [-0.3, -0.25) is 4.57 Å². The summed E-state index contributed by atoms with van der Waals surface area (Å²) in [6.07, 6.45) is 12.5. The number of benzene rings is 5. The van der Waals surface area contributed by atoms with E-state index in [0.717, 1.165) is 61.2 Å². The van der Waals surface area contributed by atoms with Crippen molar-refractivity contribution in [2.24, 2.45) is 0 Å². The van der Waals surface area contributed by atoms with Gasteiger partial charge in [0.05, 0.1) is 16.7 Å². The number of ether oxygens (including phenoxy) is 1. The summed E-state index contributed by atoms with van der Waals surface area (Å²) in [7, 11) is 0. The van der Waals surface area contributed by atoms with Crippen LogP contribution in [0.3, 0.4) is 0 Å².